The summed E-state index contributed by atoms with van der Waals surface area (Å²) in [5.41, 5.74) is 5.80. The maximum atomic E-state index is 12.0. The summed E-state index contributed by atoms with van der Waals surface area (Å²) in [6.45, 7) is -0.0621. The molecule has 7 nitrogen and oxygen atoms in total. The minimum atomic E-state index is -3.80. The van der Waals surface area contributed by atoms with Gasteiger partial charge in [0.05, 0.1) is 15.7 Å². The van der Waals surface area contributed by atoms with Crippen LogP contribution in [-0.4, -0.2) is 34.1 Å². The maximum absolute atomic E-state index is 12.0. The SMILES string of the molecule is NC(=S)c1ccc(S(=O)(=O)NCCCS(N)(=O)=O)cc1Cl. The summed E-state index contributed by atoms with van der Waals surface area (Å²) in [6, 6.07) is 3.93. The second-order valence-electron chi connectivity index (χ2n) is 4.12. The third-order valence-electron chi connectivity index (χ3n) is 2.41. The smallest absolute Gasteiger partial charge is 0.240 e. The van der Waals surface area contributed by atoms with Crippen LogP contribution < -0.4 is 15.6 Å². The Hall–Kier alpha value is -0.780. The van der Waals surface area contributed by atoms with Crippen molar-refractivity contribution in [3.63, 3.8) is 0 Å². The van der Waals surface area contributed by atoms with E-state index in [9.17, 15) is 16.8 Å². The van der Waals surface area contributed by atoms with Gasteiger partial charge >= 0.3 is 0 Å². The van der Waals surface area contributed by atoms with Crippen LogP contribution in [0.1, 0.15) is 12.0 Å². The predicted molar refractivity (Wildman–Crippen MR) is 85.1 cm³/mol. The second-order valence-corrected chi connectivity index (χ2v) is 8.47. The van der Waals surface area contributed by atoms with Crippen molar-refractivity contribution in [1.29, 1.82) is 0 Å². The Morgan fingerprint density at radius 1 is 1.29 bits per heavy atom. The Bertz CT molecular complexity index is 747. The maximum Gasteiger partial charge on any atom is 0.240 e. The van der Waals surface area contributed by atoms with Crippen molar-refractivity contribution >= 4 is 48.9 Å². The van der Waals surface area contributed by atoms with E-state index in [1.807, 2.05) is 0 Å². The molecule has 0 aromatic heterocycles. The van der Waals surface area contributed by atoms with Crippen molar-refractivity contribution in [3.8, 4) is 0 Å². The monoisotopic (exact) mass is 371 g/mol. The number of sulfonamides is 2. The fourth-order valence-corrected chi connectivity index (χ4v) is 3.65. The molecule has 0 aliphatic carbocycles. The Kier molecular flexibility index (Phi) is 6.08. The third-order valence-corrected chi connectivity index (χ3v) is 5.26. The molecule has 0 heterocycles. The van der Waals surface area contributed by atoms with E-state index in [4.69, 9.17) is 34.7 Å². The molecule has 0 spiro atoms. The van der Waals surface area contributed by atoms with Gasteiger partial charge in [0.1, 0.15) is 4.99 Å². The average molecular weight is 372 g/mol. The molecule has 118 valence electrons. The van der Waals surface area contributed by atoms with Crippen molar-refractivity contribution in [3.05, 3.63) is 28.8 Å². The fourth-order valence-electron chi connectivity index (χ4n) is 1.43. The highest BCUT2D eigenvalue weighted by Gasteiger charge is 2.16. The van der Waals surface area contributed by atoms with E-state index in [1.165, 1.54) is 18.2 Å². The lowest BCUT2D eigenvalue weighted by Crippen LogP contribution is -2.27. The van der Waals surface area contributed by atoms with Crippen LogP contribution in [0, 0.1) is 0 Å². The first-order valence-corrected chi connectivity index (χ1v) is 9.61. The summed E-state index contributed by atoms with van der Waals surface area (Å²) in [5, 5.41) is 4.94. The number of rotatable bonds is 7. The number of nitrogens with two attached hydrogens (primary N) is 2. The molecule has 0 aliphatic heterocycles. The standard InChI is InChI=1S/C10H14ClN3O4S3/c11-9-6-7(2-3-8(9)10(12)19)21(17,18)14-4-1-5-20(13,15)16/h2-3,6,14H,1,4-5H2,(H2,12,19)(H2,13,15,16). The van der Waals surface area contributed by atoms with E-state index in [2.05, 4.69) is 4.72 Å². The summed E-state index contributed by atoms with van der Waals surface area (Å²) in [7, 11) is -7.41. The third kappa shape index (κ3) is 5.85. The second kappa shape index (κ2) is 6.99. The normalized spacial score (nSPS) is 12.3. The molecule has 5 N–H and O–H groups in total. The van der Waals surface area contributed by atoms with Gasteiger partial charge in [-0.15, -0.1) is 0 Å². The molecule has 1 aromatic carbocycles. The van der Waals surface area contributed by atoms with Gasteiger partial charge in [-0.2, -0.15) is 0 Å². The van der Waals surface area contributed by atoms with Crippen LogP contribution in [0.5, 0.6) is 0 Å². The topological polar surface area (TPSA) is 132 Å². The van der Waals surface area contributed by atoms with Gasteiger partial charge < -0.3 is 5.73 Å². The van der Waals surface area contributed by atoms with Crippen LogP contribution in [-0.2, 0) is 20.0 Å². The summed E-state index contributed by atoms with van der Waals surface area (Å²) in [5.74, 6) is -0.309. The van der Waals surface area contributed by atoms with Gasteiger partial charge in [-0.05, 0) is 24.6 Å². The molecule has 21 heavy (non-hydrogen) atoms. The number of primary sulfonamides is 1. The molecular formula is C10H14ClN3O4S3. The van der Waals surface area contributed by atoms with Gasteiger partial charge in [0.25, 0.3) is 0 Å². The number of hydrogen-bond donors (Lipinski definition) is 3. The van der Waals surface area contributed by atoms with Gasteiger partial charge in [-0.25, -0.2) is 26.7 Å². The average Bonchev–Trinajstić information content (AvgIpc) is 2.33. The van der Waals surface area contributed by atoms with Crippen molar-refractivity contribution < 1.29 is 16.8 Å². The summed E-state index contributed by atoms with van der Waals surface area (Å²) in [4.78, 5) is -0.00633. The molecule has 0 aliphatic rings. The van der Waals surface area contributed by atoms with Crippen molar-refractivity contribution in [2.24, 2.45) is 10.9 Å². The number of halogens is 1. The number of thiocarbonyl (C=S) groups is 1. The van der Waals surface area contributed by atoms with Gasteiger partial charge in [0, 0.05) is 12.1 Å². The lowest BCUT2D eigenvalue weighted by atomic mass is 10.2. The first kappa shape index (κ1) is 18.3. The quantitative estimate of drug-likeness (QED) is 0.454. The van der Waals surface area contributed by atoms with Crippen LogP contribution in [0.4, 0.5) is 0 Å². The molecule has 0 fully saturated rings. The molecule has 0 saturated carbocycles. The van der Waals surface area contributed by atoms with Crippen LogP contribution in [0.3, 0.4) is 0 Å². The summed E-state index contributed by atoms with van der Waals surface area (Å²) < 4.78 is 47.7. The Morgan fingerprint density at radius 3 is 2.38 bits per heavy atom. The summed E-state index contributed by atoms with van der Waals surface area (Å²) >= 11 is 10.7. The molecule has 1 rings (SSSR count). The largest absolute Gasteiger partial charge is 0.389 e. The molecule has 0 saturated heterocycles. The lowest BCUT2D eigenvalue weighted by molar-refractivity contribution is 0.576. The van der Waals surface area contributed by atoms with Crippen LogP contribution in [0.2, 0.25) is 5.02 Å². The highest BCUT2D eigenvalue weighted by atomic mass is 35.5. The minimum Gasteiger partial charge on any atom is -0.389 e. The van der Waals surface area contributed by atoms with Crippen molar-refractivity contribution in [2.45, 2.75) is 11.3 Å². The summed E-state index contributed by atoms with van der Waals surface area (Å²) in [6.07, 6.45) is 0.0662. The molecule has 0 amide bonds. The highest BCUT2D eigenvalue weighted by molar-refractivity contribution is 7.89. The number of nitrogens with one attached hydrogen (secondary N) is 1. The molecule has 0 radical (unpaired) electrons. The van der Waals surface area contributed by atoms with E-state index < -0.39 is 20.0 Å². The molecule has 0 atom stereocenters. The van der Waals surface area contributed by atoms with Gasteiger partial charge in [0.2, 0.25) is 20.0 Å². The van der Waals surface area contributed by atoms with Gasteiger partial charge in [-0.3, -0.25) is 0 Å². The highest BCUT2D eigenvalue weighted by Crippen LogP contribution is 2.20. The molecular weight excluding hydrogens is 358 g/mol. The minimum absolute atomic E-state index is 0.0602. The van der Waals surface area contributed by atoms with Crippen molar-refractivity contribution in [2.75, 3.05) is 12.3 Å². The molecule has 11 heteroatoms. The van der Waals surface area contributed by atoms with Crippen LogP contribution >= 0.6 is 23.8 Å². The van der Waals surface area contributed by atoms with E-state index in [-0.39, 0.29) is 33.6 Å². The zero-order valence-electron chi connectivity index (χ0n) is 10.7. The zero-order valence-corrected chi connectivity index (χ0v) is 13.9. The Balaban J connectivity index is 2.79. The van der Waals surface area contributed by atoms with Gasteiger partial charge in [-0.1, -0.05) is 23.8 Å². The van der Waals surface area contributed by atoms with E-state index >= 15 is 0 Å². The van der Waals surface area contributed by atoms with Crippen LogP contribution in [0.25, 0.3) is 0 Å². The Morgan fingerprint density at radius 2 is 1.90 bits per heavy atom. The van der Waals surface area contributed by atoms with E-state index in [1.54, 1.807) is 0 Å². The molecule has 0 bridgehead atoms. The Labute approximate surface area is 133 Å². The first-order chi connectivity index (χ1) is 9.53. The predicted octanol–water partition coefficient (Wildman–Crippen LogP) is -0.0689. The number of hydrogen-bond acceptors (Lipinski definition) is 5. The zero-order chi connectivity index (χ0) is 16.3. The van der Waals surface area contributed by atoms with E-state index in [0.29, 0.717) is 5.56 Å². The fraction of sp³-hybridized carbons (Fsp3) is 0.300. The molecule has 1 aromatic rings. The molecule has 0 unspecified atom stereocenters. The van der Waals surface area contributed by atoms with Crippen LogP contribution in [0.15, 0.2) is 23.1 Å². The number of benzene rings is 1. The van der Waals surface area contributed by atoms with Crippen molar-refractivity contribution in [1.82, 2.24) is 4.72 Å². The lowest BCUT2D eigenvalue weighted by Gasteiger charge is -2.08. The van der Waals surface area contributed by atoms with E-state index in [0.717, 1.165) is 0 Å². The van der Waals surface area contributed by atoms with Gasteiger partial charge in [0.15, 0.2) is 0 Å². The first-order valence-electron chi connectivity index (χ1n) is 5.62.